The fourth-order valence-corrected chi connectivity index (χ4v) is 20.2. The van der Waals surface area contributed by atoms with Crippen molar-refractivity contribution in [3.8, 4) is 103 Å². The van der Waals surface area contributed by atoms with E-state index < -0.39 is 90.1 Å². The second-order valence-corrected chi connectivity index (χ2v) is 36.8. The molecule has 6 aromatic rings. The van der Waals surface area contributed by atoms with Crippen molar-refractivity contribution < 1.29 is 165 Å². The van der Waals surface area contributed by atoms with Crippen molar-refractivity contribution in [3.63, 3.8) is 0 Å². The van der Waals surface area contributed by atoms with Gasteiger partial charge in [0.05, 0.1) is 85.3 Å². The lowest BCUT2D eigenvalue weighted by Gasteiger charge is -2.25. The number of rotatable bonds is 36. The highest BCUT2D eigenvalue weighted by atomic mass is 32.2. The molecule has 36 nitrogen and oxygen atoms in total. The van der Waals surface area contributed by atoms with Crippen LogP contribution in [0, 0.1) is 58.4 Å². The molecular formula is C90H144O36S6. The van der Waals surface area contributed by atoms with Gasteiger partial charge >= 0.3 is 0 Å². The van der Waals surface area contributed by atoms with Crippen LogP contribution in [0.5, 0.6) is 103 Å². The molecule has 0 heterocycles. The van der Waals surface area contributed by atoms with Crippen molar-refractivity contribution in [3.05, 3.63) is 111 Å². The second-order valence-electron chi connectivity index (χ2n) is 28.9. The van der Waals surface area contributed by atoms with Crippen LogP contribution in [0.1, 0.15) is 264 Å². The molecule has 132 heavy (non-hydrogen) atoms. The maximum Gasteiger partial charge on any atom is 0.179 e. The number of phenols is 6. The molecule has 0 bridgehead atoms. The van der Waals surface area contributed by atoms with Gasteiger partial charge in [0.1, 0.15) is 125 Å². The van der Waals surface area contributed by atoms with Crippen molar-refractivity contribution in [2.75, 3.05) is 85.3 Å². The minimum atomic E-state index is -4.83. The van der Waals surface area contributed by atoms with E-state index in [-0.39, 0.29) is 223 Å². The van der Waals surface area contributed by atoms with Gasteiger partial charge in [-0.2, -0.15) is 0 Å². The molecule has 0 amide bonds. The largest absolute Gasteiger partial charge is 0.744 e. The Labute approximate surface area is 787 Å². The van der Waals surface area contributed by atoms with Gasteiger partial charge in [-0.25, -0.2) is 50.5 Å². The lowest BCUT2D eigenvalue weighted by atomic mass is 9.92. The van der Waals surface area contributed by atoms with Gasteiger partial charge in [-0.05, 0) is 114 Å². The zero-order valence-electron chi connectivity index (χ0n) is 83.3. The summed E-state index contributed by atoms with van der Waals surface area (Å²) in [5.41, 5.74) is 2.71. The monoisotopic (exact) mass is 1990 g/mol. The Balaban J connectivity index is -0.000000358. The van der Waals surface area contributed by atoms with E-state index in [1.807, 2.05) is 55.4 Å². The molecule has 6 atom stereocenters. The topological polar surface area (TPSA) is 575 Å². The van der Waals surface area contributed by atoms with Crippen molar-refractivity contribution in [2.45, 2.75) is 267 Å². The number of hydrogen-bond acceptors (Lipinski definition) is 36. The fourth-order valence-electron chi connectivity index (χ4n) is 14.2. The third-order valence-electron chi connectivity index (χ3n) is 21.4. The van der Waals surface area contributed by atoms with Gasteiger partial charge in [0, 0.05) is 111 Å². The van der Waals surface area contributed by atoms with Gasteiger partial charge in [0.2, 0.25) is 0 Å². The predicted molar refractivity (Wildman–Crippen MR) is 502 cm³/mol. The fraction of sp³-hybridized carbons (Fsp3) is 0.533. The number of phenolic OH excluding ortho intramolecular Hbond substituents is 6. The van der Waals surface area contributed by atoms with Crippen LogP contribution in [0.2, 0.25) is 0 Å². The first-order chi connectivity index (χ1) is 58.4. The first-order valence-corrected chi connectivity index (χ1v) is 48.5. The Morgan fingerprint density at radius 1 is 0.227 bits per heavy atom. The Bertz CT molecular complexity index is 5350. The average Bonchev–Trinajstić information content (AvgIpc) is 0.776. The molecule has 42 heteroatoms. The molecule has 0 spiro atoms. The molecule has 0 radical (unpaired) electrons. The van der Waals surface area contributed by atoms with Crippen LogP contribution >= 0.6 is 0 Å². The SMILES string of the molecule is CCC(C)c1c(O)c(C)c(OC)c(OC)c1S(=O)(=O)[O-].CCC(C)c1c(O)c(OC)c(C)c(OC)c1S(=O)(=O)[O-].CCCc1c(O)c(C(C)CC)c(S(=O)(=O)[O-])c(OC)c1OC.CCCc1c(OC)c(O)c(C(C)CC)c(S(=O)(=O)[O-])c1OC.CCc1c(O)c(C(C)CC)c(S(=O)(=O)[O-])c(OC)c1OC.CCc1c(OC)c(O)c(C(C)CC)c(S(=O)(=O)[O-])c1OC.[CH3+].[CH3+].[CH3+].[CH3+].[CH3+].[CH3+]. The molecule has 0 saturated heterocycles. The summed E-state index contributed by atoms with van der Waals surface area (Å²) in [6.45, 7) is 31.9. The van der Waals surface area contributed by atoms with Crippen molar-refractivity contribution in [1.82, 2.24) is 0 Å². The second kappa shape index (κ2) is 56.6. The van der Waals surface area contributed by atoms with Gasteiger partial charge in [0.25, 0.3) is 0 Å². The normalized spacial score (nSPS) is 12.5. The molecule has 0 fully saturated rings. The standard InChI is InChI=1S/2C15H24O6S.2C14H22O6S.2C13H20O6S.6CH3/c1-6-8-10-13(20-4)12(16)11(9(3)7-2)15(14(10)21-5)22(17,18)19;1-6-8-10-12(16)11(9(3)7-2)15(22(17,18)19)14(21-5)13(10)20-4;1-6-8(3)10-11(15)12(19-4)9(7-2)13(20-5)14(10)21(16,17)18;1-6-8(3)10-11(15)9(7-2)12(19-4)13(20-5)14(10)21(16,17)18;1-6-7(2)9-10(14)11(18-4)8(3)12(19-5)13(9)20(15,16)17;1-6-7(2)9-10(14)8(3)11(18-4)12(19-5)13(9)20(15,16)17;;;;;;/h2*9,16H,6-8H2,1-5H3,(H,17,18,19);2*8,15H,6-7H2,1-5H3,(H,16,17,18);2*7,14H,6H2,1-5H3,(H,15,16,17);6*1H3/q;;;;;;6*+1/p-6. The van der Waals surface area contributed by atoms with E-state index >= 15 is 0 Å². The molecule has 0 aliphatic rings. The van der Waals surface area contributed by atoms with Crippen LogP contribution in [0.25, 0.3) is 0 Å². The summed E-state index contributed by atoms with van der Waals surface area (Å²) in [6.07, 6.45) is 6.39. The van der Waals surface area contributed by atoms with Gasteiger partial charge in [0.15, 0.2) is 69.0 Å². The number of aromatic hydroxyl groups is 6. The Hall–Kier alpha value is -9.60. The van der Waals surface area contributed by atoms with Gasteiger partial charge in [-0.1, -0.05) is 124 Å². The summed E-state index contributed by atoms with van der Waals surface area (Å²) in [5, 5.41) is 62.3. The summed E-state index contributed by atoms with van der Waals surface area (Å²) in [6, 6.07) is 0. The summed E-state index contributed by atoms with van der Waals surface area (Å²) >= 11 is 0. The maximum atomic E-state index is 11.8. The summed E-state index contributed by atoms with van der Waals surface area (Å²) < 4.78 is 272. The molecule has 6 N–H and O–H groups in total. The Morgan fingerprint density at radius 3 is 0.652 bits per heavy atom. The first kappa shape index (κ1) is 133. The van der Waals surface area contributed by atoms with Crippen molar-refractivity contribution in [2.24, 2.45) is 0 Å². The summed E-state index contributed by atoms with van der Waals surface area (Å²) in [5.74, 6) is -3.43. The van der Waals surface area contributed by atoms with Crippen LogP contribution in [-0.2, 0) is 86.4 Å². The first-order valence-electron chi connectivity index (χ1n) is 40.0. The Morgan fingerprint density at radius 2 is 0.417 bits per heavy atom. The van der Waals surface area contributed by atoms with Gasteiger partial charge in [-0.3, -0.25) is 0 Å². The van der Waals surface area contributed by atoms with E-state index in [9.17, 15) is 108 Å². The van der Waals surface area contributed by atoms with Crippen molar-refractivity contribution in [1.29, 1.82) is 0 Å². The number of hydrogen-bond donors (Lipinski definition) is 6. The van der Waals surface area contributed by atoms with Crippen LogP contribution in [0.4, 0.5) is 0 Å². The summed E-state index contributed by atoms with van der Waals surface area (Å²) in [4.78, 5) is -3.09. The van der Waals surface area contributed by atoms with Gasteiger partial charge < -0.3 is 115 Å². The van der Waals surface area contributed by atoms with E-state index in [1.165, 1.54) is 92.2 Å². The van der Waals surface area contributed by atoms with E-state index in [1.54, 1.807) is 62.3 Å². The van der Waals surface area contributed by atoms with E-state index in [0.29, 0.717) is 98.4 Å². The molecule has 0 saturated carbocycles. The number of methoxy groups -OCH3 is 12. The highest BCUT2D eigenvalue weighted by molar-refractivity contribution is 7.87. The lowest BCUT2D eigenvalue weighted by molar-refractivity contribution is 0.332. The van der Waals surface area contributed by atoms with Gasteiger partial charge in [-0.15, -0.1) is 0 Å². The molecule has 6 aromatic carbocycles. The van der Waals surface area contributed by atoms with Crippen LogP contribution in [-0.4, -0.2) is 194 Å². The minimum absolute atomic E-state index is 0. The molecule has 6 rings (SSSR count). The zero-order valence-corrected chi connectivity index (χ0v) is 88.2. The molecular weight excluding hydrogens is 1850 g/mol. The molecule has 6 unspecified atom stereocenters. The average molecular weight is 1990 g/mol. The smallest absolute Gasteiger partial charge is 0.179 e. The number of benzene rings is 6. The Kier molecular flexibility index (Phi) is 57.0. The predicted octanol–water partition coefficient (Wildman–Crippen LogP) is 17.3. The molecule has 0 aliphatic heterocycles. The molecule has 0 aliphatic carbocycles. The quantitative estimate of drug-likeness (QED) is 0.0157. The summed E-state index contributed by atoms with van der Waals surface area (Å²) in [7, 11) is -13.1. The van der Waals surface area contributed by atoms with E-state index in [2.05, 4.69) is 0 Å². The van der Waals surface area contributed by atoms with Crippen molar-refractivity contribution >= 4 is 60.7 Å². The number of ether oxygens (including phenoxy) is 12. The highest BCUT2D eigenvalue weighted by Gasteiger charge is 2.37. The lowest BCUT2D eigenvalue weighted by Crippen LogP contribution is -2.12. The highest BCUT2D eigenvalue weighted by Crippen LogP contribution is 2.56. The molecule has 0 aromatic heterocycles. The zero-order chi connectivity index (χ0) is 98.2. The molecule has 756 valence electrons. The van der Waals surface area contributed by atoms with E-state index in [0.717, 1.165) is 6.42 Å². The maximum absolute atomic E-state index is 11.8. The van der Waals surface area contributed by atoms with E-state index in [4.69, 9.17) is 56.8 Å². The van der Waals surface area contributed by atoms with Crippen LogP contribution < -0.4 is 56.8 Å². The third-order valence-corrected chi connectivity index (χ3v) is 26.8. The minimum Gasteiger partial charge on any atom is -0.744 e. The van der Waals surface area contributed by atoms with Crippen LogP contribution in [0.3, 0.4) is 0 Å². The third kappa shape index (κ3) is 29.7. The van der Waals surface area contributed by atoms with Crippen LogP contribution in [0.15, 0.2) is 29.4 Å².